The molecule has 26 heavy (non-hydrogen) atoms. The average molecular weight is 520 g/mol. The minimum absolute atomic E-state index is 0. The molecule has 2 saturated heterocycles. The van der Waals surface area contributed by atoms with Crippen LogP contribution in [0.4, 0.5) is 0 Å². The van der Waals surface area contributed by atoms with Crippen molar-refractivity contribution < 1.29 is 16.8 Å². The molecule has 0 aromatic carbocycles. The van der Waals surface area contributed by atoms with Crippen molar-refractivity contribution in [3.63, 3.8) is 0 Å². The molecule has 2 N–H and O–H groups in total. The highest BCUT2D eigenvalue weighted by Crippen LogP contribution is 2.21. The van der Waals surface area contributed by atoms with Crippen LogP contribution in [-0.2, 0) is 19.9 Å². The van der Waals surface area contributed by atoms with E-state index in [0.29, 0.717) is 38.1 Å². The van der Waals surface area contributed by atoms with Crippen LogP contribution in [0.15, 0.2) is 4.99 Å². The first-order valence-electron chi connectivity index (χ1n) is 8.95. The lowest BCUT2D eigenvalue weighted by molar-refractivity contribution is 0.387. The zero-order chi connectivity index (χ0) is 18.1. The topological polar surface area (TPSA) is 108 Å². The first kappa shape index (κ1) is 22.2. The van der Waals surface area contributed by atoms with E-state index in [1.807, 2.05) is 0 Å². The zero-order valence-electron chi connectivity index (χ0n) is 15.1. The summed E-state index contributed by atoms with van der Waals surface area (Å²) in [4.78, 5) is 4.56. The van der Waals surface area contributed by atoms with Crippen molar-refractivity contribution in [2.45, 2.75) is 44.2 Å². The molecular formula is C15H29IN4O4S2. The molecule has 2 atom stereocenters. The van der Waals surface area contributed by atoms with Crippen LogP contribution in [0, 0.1) is 5.92 Å². The third-order valence-corrected chi connectivity index (χ3v) is 8.18. The molecule has 3 fully saturated rings. The van der Waals surface area contributed by atoms with Crippen LogP contribution in [0.3, 0.4) is 0 Å². The largest absolute Gasteiger partial charge is 0.355 e. The minimum atomic E-state index is -3.18. The summed E-state index contributed by atoms with van der Waals surface area (Å²) in [5, 5.41) is 6.60. The van der Waals surface area contributed by atoms with Gasteiger partial charge >= 0.3 is 0 Å². The highest BCUT2D eigenvalue weighted by atomic mass is 127. The van der Waals surface area contributed by atoms with Gasteiger partial charge in [-0.3, -0.25) is 4.99 Å². The molecule has 2 aliphatic heterocycles. The molecule has 1 saturated carbocycles. The lowest BCUT2D eigenvalue weighted by Gasteiger charge is -2.23. The summed E-state index contributed by atoms with van der Waals surface area (Å²) in [6.07, 6.45) is 5.87. The number of hydrogen-bond acceptors (Lipinski definition) is 5. The van der Waals surface area contributed by atoms with E-state index in [2.05, 4.69) is 15.6 Å². The van der Waals surface area contributed by atoms with Gasteiger partial charge in [-0.2, -0.15) is 4.31 Å². The number of rotatable bonds is 6. The van der Waals surface area contributed by atoms with Crippen LogP contribution < -0.4 is 10.6 Å². The standard InChI is InChI=1S/C15H28N4O4S2.HI/c1-24(20,21)19-7-2-3-14(19)10-17-15(18-13-4-5-13)16-9-12-6-8-25(22,23)11-12;/h12-14H,2-11H2,1H3,(H2,16,17,18);1H/t12?,14-;/m1./s1. The Morgan fingerprint density at radius 2 is 1.96 bits per heavy atom. The highest BCUT2D eigenvalue weighted by molar-refractivity contribution is 14.0. The van der Waals surface area contributed by atoms with Crippen LogP contribution in [0.2, 0.25) is 0 Å². The maximum Gasteiger partial charge on any atom is 0.211 e. The summed E-state index contributed by atoms with van der Waals surface area (Å²) in [5.74, 6) is 1.24. The number of halogens is 1. The molecule has 1 unspecified atom stereocenters. The molecular weight excluding hydrogens is 491 g/mol. The van der Waals surface area contributed by atoms with Gasteiger partial charge in [-0.1, -0.05) is 0 Å². The number of aliphatic imine (C=N–C) groups is 1. The number of nitrogens with one attached hydrogen (secondary N) is 2. The van der Waals surface area contributed by atoms with E-state index < -0.39 is 19.9 Å². The minimum Gasteiger partial charge on any atom is -0.355 e. The van der Waals surface area contributed by atoms with E-state index in [9.17, 15) is 16.8 Å². The van der Waals surface area contributed by atoms with Gasteiger partial charge in [0.15, 0.2) is 15.8 Å². The predicted octanol–water partition coefficient (Wildman–Crippen LogP) is 0.161. The SMILES string of the molecule is CS(=O)(=O)N1CCC[C@@H]1CNC(=NCC1CCS(=O)(=O)C1)NC1CC1.I. The van der Waals surface area contributed by atoms with Gasteiger partial charge < -0.3 is 10.6 Å². The van der Waals surface area contributed by atoms with Gasteiger partial charge in [0.25, 0.3) is 0 Å². The Kier molecular flexibility index (Phi) is 7.59. The summed E-state index contributed by atoms with van der Waals surface area (Å²) in [7, 11) is -6.07. The van der Waals surface area contributed by atoms with Gasteiger partial charge in [-0.05, 0) is 38.0 Å². The Bertz CT molecular complexity index is 722. The van der Waals surface area contributed by atoms with Crippen LogP contribution in [-0.4, -0.2) is 76.6 Å². The zero-order valence-corrected chi connectivity index (χ0v) is 19.0. The van der Waals surface area contributed by atoms with E-state index >= 15 is 0 Å². The molecule has 0 radical (unpaired) electrons. The van der Waals surface area contributed by atoms with Crippen molar-refractivity contribution in [1.29, 1.82) is 0 Å². The second-order valence-electron chi connectivity index (χ2n) is 7.43. The Morgan fingerprint density at radius 1 is 1.23 bits per heavy atom. The Morgan fingerprint density at radius 3 is 2.54 bits per heavy atom. The van der Waals surface area contributed by atoms with E-state index in [1.54, 1.807) is 4.31 Å². The van der Waals surface area contributed by atoms with Crippen molar-refractivity contribution in [3.05, 3.63) is 0 Å². The molecule has 3 rings (SSSR count). The van der Waals surface area contributed by atoms with Crippen LogP contribution >= 0.6 is 24.0 Å². The summed E-state index contributed by atoms with van der Waals surface area (Å²) < 4.78 is 48.3. The fourth-order valence-corrected chi connectivity index (χ4v) is 6.51. The lowest BCUT2D eigenvalue weighted by Crippen LogP contribution is -2.47. The molecule has 0 aromatic rings. The number of sulfone groups is 1. The molecule has 0 aromatic heterocycles. The Labute approximate surface area is 173 Å². The van der Waals surface area contributed by atoms with Gasteiger partial charge in [0, 0.05) is 31.7 Å². The average Bonchev–Trinajstić information content (AvgIpc) is 3.06. The normalized spacial score (nSPS) is 29.3. The van der Waals surface area contributed by atoms with Gasteiger partial charge in [0.05, 0.1) is 17.8 Å². The number of nitrogens with zero attached hydrogens (tertiary/aromatic N) is 2. The van der Waals surface area contributed by atoms with Crippen molar-refractivity contribution in [1.82, 2.24) is 14.9 Å². The fraction of sp³-hybridized carbons (Fsp3) is 0.933. The predicted molar refractivity (Wildman–Crippen MR) is 113 cm³/mol. The van der Waals surface area contributed by atoms with Crippen molar-refractivity contribution in [2.75, 3.05) is 37.4 Å². The highest BCUT2D eigenvalue weighted by Gasteiger charge is 2.32. The molecule has 152 valence electrons. The summed E-state index contributed by atoms with van der Waals surface area (Å²) >= 11 is 0. The van der Waals surface area contributed by atoms with Crippen molar-refractivity contribution in [2.24, 2.45) is 10.9 Å². The molecule has 0 bridgehead atoms. The third-order valence-electron chi connectivity index (χ3n) is 5.01. The number of sulfonamides is 1. The molecule has 0 amide bonds. The molecule has 0 spiro atoms. The van der Waals surface area contributed by atoms with Gasteiger partial charge in [-0.25, -0.2) is 16.8 Å². The van der Waals surface area contributed by atoms with Gasteiger partial charge in [0.1, 0.15) is 0 Å². The Hall–Kier alpha value is -0.140. The quantitative estimate of drug-likeness (QED) is 0.294. The van der Waals surface area contributed by atoms with Crippen LogP contribution in [0.1, 0.15) is 32.1 Å². The van der Waals surface area contributed by atoms with E-state index in [-0.39, 0.29) is 47.4 Å². The van der Waals surface area contributed by atoms with Crippen LogP contribution in [0.25, 0.3) is 0 Å². The third kappa shape index (κ3) is 6.48. The van der Waals surface area contributed by atoms with Crippen molar-refractivity contribution >= 4 is 49.8 Å². The molecule has 3 aliphatic rings. The van der Waals surface area contributed by atoms with Crippen molar-refractivity contribution in [3.8, 4) is 0 Å². The number of guanidine groups is 1. The molecule has 11 heteroatoms. The smallest absolute Gasteiger partial charge is 0.211 e. The van der Waals surface area contributed by atoms with E-state index in [0.717, 1.165) is 25.7 Å². The second kappa shape index (κ2) is 8.91. The fourth-order valence-electron chi connectivity index (χ4n) is 3.47. The Balaban J connectivity index is 0.00000243. The first-order chi connectivity index (χ1) is 11.7. The first-order valence-corrected chi connectivity index (χ1v) is 12.6. The molecule has 2 heterocycles. The van der Waals surface area contributed by atoms with Crippen LogP contribution in [0.5, 0.6) is 0 Å². The van der Waals surface area contributed by atoms with Gasteiger partial charge in [-0.15, -0.1) is 24.0 Å². The second-order valence-corrected chi connectivity index (χ2v) is 11.6. The maximum absolute atomic E-state index is 11.8. The summed E-state index contributed by atoms with van der Waals surface area (Å²) in [6.45, 7) is 1.59. The van der Waals surface area contributed by atoms with E-state index in [1.165, 1.54) is 6.26 Å². The van der Waals surface area contributed by atoms with Gasteiger partial charge in [0.2, 0.25) is 10.0 Å². The summed E-state index contributed by atoms with van der Waals surface area (Å²) in [6, 6.07) is 0.376. The molecule has 1 aliphatic carbocycles. The van der Waals surface area contributed by atoms with E-state index in [4.69, 9.17) is 0 Å². The number of hydrogen-bond donors (Lipinski definition) is 2. The monoisotopic (exact) mass is 520 g/mol. The maximum atomic E-state index is 11.8. The lowest BCUT2D eigenvalue weighted by atomic mass is 10.1. The molecule has 8 nitrogen and oxygen atoms in total. The summed E-state index contributed by atoms with van der Waals surface area (Å²) in [5.41, 5.74) is 0.